The molecule has 2 aromatic carbocycles. The molecule has 1 aliphatic rings. The van der Waals surface area contributed by atoms with E-state index in [9.17, 15) is 8.42 Å². The molecule has 5 heteroatoms. The van der Waals surface area contributed by atoms with Crippen LogP contribution in [0.1, 0.15) is 13.3 Å². The highest BCUT2D eigenvalue weighted by Crippen LogP contribution is 2.28. The van der Waals surface area contributed by atoms with Gasteiger partial charge in [-0.2, -0.15) is 4.31 Å². The summed E-state index contributed by atoms with van der Waals surface area (Å²) in [4.78, 5) is 0.372. The van der Waals surface area contributed by atoms with E-state index in [-0.39, 0.29) is 5.92 Å². The molecular formula is C17H22N2O2S. The van der Waals surface area contributed by atoms with Crippen molar-refractivity contribution in [2.45, 2.75) is 18.2 Å². The fourth-order valence-corrected chi connectivity index (χ4v) is 4.67. The van der Waals surface area contributed by atoms with Gasteiger partial charge in [-0.1, -0.05) is 37.3 Å². The zero-order valence-electron chi connectivity index (χ0n) is 12.8. The van der Waals surface area contributed by atoms with Crippen molar-refractivity contribution in [1.82, 2.24) is 4.31 Å². The maximum absolute atomic E-state index is 12.9. The van der Waals surface area contributed by atoms with Crippen molar-refractivity contribution in [1.29, 1.82) is 0 Å². The van der Waals surface area contributed by atoms with Crippen molar-refractivity contribution >= 4 is 20.8 Å². The Kier molecular flexibility index (Phi) is 4.21. The summed E-state index contributed by atoms with van der Waals surface area (Å²) in [6.07, 6.45) is 0.870. The van der Waals surface area contributed by atoms with Crippen LogP contribution in [0.4, 0.5) is 0 Å². The summed E-state index contributed by atoms with van der Waals surface area (Å²) in [6, 6.07) is 13.1. The van der Waals surface area contributed by atoms with Crippen molar-refractivity contribution in [2.24, 2.45) is 17.6 Å². The maximum atomic E-state index is 12.9. The molecule has 0 aromatic heterocycles. The highest BCUT2D eigenvalue weighted by molar-refractivity contribution is 7.89. The van der Waals surface area contributed by atoms with Crippen LogP contribution in [0.5, 0.6) is 0 Å². The first kappa shape index (κ1) is 15.5. The number of hydrogen-bond donors (Lipinski definition) is 1. The Morgan fingerprint density at radius 1 is 1.18 bits per heavy atom. The van der Waals surface area contributed by atoms with Crippen molar-refractivity contribution in [2.75, 3.05) is 19.6 Å². The number of hydrogen-bond acceptors (Lipinski definition) is 3. The maximum Gasteiger partial charge on any atom is 0.243 e. The van der Waals surface area contributed by atoms with Crippen molar-refractivity contribution in [3.05, 3.63) is 42.5 Å². The molecule has 2 atom stereocenters. The van der Waals surface area contributed by atoms with Crippen LogP contribution in [0, 0.1) is 11.8 Å². The number of nitrogens with zero attached hydrogens (tertiary/aromatic N) is 1. The summed E-state index contributed by atoms with van der Waals surface area (Å²) in [5, 5.41) is 2.00. The van der Waals surface area contributed by atoms with Gasteiger partial charge in [0, 0.05) is 13.1 Å². The monoisotopic (exact) mass is 318 g/mol. The van der Waals surface area contributed by atoms with Crippen molar-refractivity contribution < 1.29 is 8.42 Å². The molecule has 4 nitrogen and oxygen atoms in total. The third-order valence-corrected chi connectivity index (χ3v) is 6.60. The van der Waals surface area contributed by atoms with Gasteiger partial charge in [0.05, 0.1) is 4.90 Å². The highest BCUT2D eigenvalue weighted by Gasteiger charge is 2.33. The molecule has 0 spiro atoms. The van der Waals surface area contributed by atoms with Crippen LogP contribution in [-0.2, 0) is 10.0 Å². The molecule has 0 bridgehead atoms. The van der Waals surface area contributed by atoms with Gasteiger partial charge in [0.2, 0.25) is 10.0 Å². The molecule has 0 aliphatic carbocycles. The number of rotatable bonds is 3. The Morgan fingerprint density at radius 2 is 1.91 bits per heavy atom. The van der Waals surface area contributed by atoms with Crippen molar-refractivity contribution in [3.8, 4) is 0 Å². The smallest absolute Gasteiger partial charge is 0.243 e. The molecule has 1 heterocycles. The van der Waals surface area contributed by atoms with Gasteiger partial charge in [-0.3, -0.25) is 0 Å². The van der Waals surface area contributed by atoms with Crippen LogP contribution >= 0.6 is 0 Å². The lowest BCUT2D eigenvalue weighted by Crippen LogP contribution is -2.45. The van der Waals surface area contributed by atoms with Crippen LogP contribution < -0.4 is 5.73 Å². The van der Waals surface area contributed by atoms with Crippen LogP contribution in [0.3, 0.4) is 0 Å². The second-order valence-corrected chi connectivity index (χ2v) is 8.07. The van der Waals surface area contributed by atoms with Gasteiger partial charge in [-0.25, -0.2) is 8.42 Å². The SMILES string of the molecule is CC1CCN(S(=O)(=O)c2ccc3ccccc3c2)CC1CN. The summed E-state index contributed by atoms with van der Waals surface area (Å²) < 4.78 is 27.4. The minimum Gasteiger partial charge on any atom is -0.330 e. The minimum atomic E-state index is -3.44. The molecule has 22 heavy (non-hydrogen) atoms. The Labute approximate surface area is 132 Å². The second-order valence-electron chi connectivity index (χ2n) is 6.13. The average molecular weight is 318 g/mol. The molecule has 1 aliphatic heterocycles. The number of benzene rings is 2. The van der Waals surface area contributed by atoms with Gasteiger partial charge in [0.1, 0.15) is 0 Å². The Balaban J connectivity index is 1.94. The molecule has 3 rings (SSSR count). The van der Waals surface area contributed by atoms with E-state index in [1.165, 1.54) is 0 Å². The number of fused-ring (bicyclic) bond motifs is 1. The lowest BCUT2D eigenvalue weighted by molar-refractivity contribution is 0.203. The normalized spacial score (nSPS) is 23.7. The van der Waals surface area contributed by atoms with E-state index in [4.69, 9.17) is 5.73 Å². The van der Waals surface area contributed by atoms with Crippen LogP contribution in [-0.4, -0.2) is 32.4 Å². The van der Waals surface area contributed by atoms with E-state index in [1.54, 1.807) is 16.4 Å². The third-order valence-electron chi connectivity index (χ3n) is 4.74. The topological polar surface area (TPSA) is 63.4 Å². The van der Waals surface area contributed by atoms with E-state index in [2.05, 4.69) is 6.92 Å². The summed E-state index contributed by atoms with van der Waals surface area (Å²) in [5.41, 5.74) is 5.79. The molecule has 1 fully saturated rings. The standard InChI is InChI=1S/C17H22N2O2S/c1-13-8-9-19(12-16(13)11-18)22(20,21)17-7-6-14-4-2-3-5-15(14)10-17/h2-7,10,13,16H,8-9,11-12,18H2,1H3. The molecule has 2 aromatic rings. The predicted octanol–water partition coefficient (Wildman–Crippen LogP) is 2.45. The predicted molar refractivity (Wildman–Crippen MR) is 89.0 cm³/mol. The van der Waals surface area contributed by atoms with E-state index >= 15 is 0 Å². The van der Waals surface area contributed by atoms with E-state index in [0.29, 0.717) is 30.4 Å². The summed E-state index contributed by atoms with van der Waals surface area (Å²) in [6.45, 7) is 3.78. The zero-order valence-corrected chi connectivity index (χ0v) is 13.6. The fraction of sp³-hybridized carbons (Fsp3) is 0.412. The molecule has 0 saturated carbocycles. The van der Waals surface area contributed by atoms with Crippen LogP contribution in [0.2, 0.25) is 0 Å². The molecule has 0 amide bonds. The largest absolute Gasteiger partial charge is 0.330 e. The molecule has 1 saturated heterocycles. The van der Waals surface area contributed by atoms with Gasteiger partial charge < -0.3 is 5.73 Å². The molecule has 118 valence electrons. The van der Waals surface area contributed by atoms with Gasteiger partial charge in [0.15, 0.2) is 0 Å². The van der Waals surface area contributed by atoms with E-state index in [0.717, 1.165) is 17.2 Å². The highest BCUT2D eigenvalue weighted by atomic mass is 32.2. The molecular weight excluding hydrogens is 296 g/mol. The number of sulfonamides is 1. The zero-order chi connectivity index (χ0) is 15.7. The quantitative estimate of drug-likeness (QED) is 0.945. The number of nitrogens with two attached hydrogens (primary N) is 1. The summed E-state index contributed by atoms with van der Waals surface area (Å²) in [5.74, 6) is 0.719. The first-order valence-electron chi connectivity index (χ1n) is 7.71. The average Bonchev–Trinajstić information content (AvgIpc) is 2.54. The first-order chi connectivity index (χ1) is 10.5. The van der Waals surface area contributed by atoms with E-state index < -0.39 is 10.0 Å². The Morgan fingerprint density at radius 3 is 2.64 bits per heavy atom. The van der Waals surface area contributed by atoms with Gasteiger partial charge in [0.25, 0.3) is 0 Å². The van der Waals surface area contributed by atoms with Gasteiger partial charge in [-0.15, -0.1) is 0 Å². The summed E-state index contributed by atoms with van der Waals surface area (Å²) >= 11 is 0. The second kappa shape index (κ2) is 5.99. The molecule has 2 N–H and O–H groups in total. The van der Waals surface area contributed by atoms with Crippen LogP contribution in [0.25, 0.3) is 10.8 Å². The fourth-order valence-electron chi connectivity index (χ4n) is 3.12. The Hall–Kier alpha value is -1.43. The third kappa shape index (κ3) is 2.76. The van der Waals surface area contributed by atoms with Crippen LogP contribution in [0.15, 0.2) is 47.4 Å². The lowest BCUT2D eigenvalue weighted by atomic mass is 9.88. The Bertz CT molecular complexity index is 773. The van der Waals surface area contributed by atoms with Crippen molar-refractivity contribution in [3.63, 3.8) is 0 Å². The van der Waals surface area contributed by atoms with E-state index in [1.807, 2.05) is 30.3 Å². The van der Waals surface area contributed by atoms with Gasteiger partial charge >= 0.3 is 0 Å². The van der Waals surface area contributed by atoms with Gasteiger partial charge in [-0.05, 0) is 47.7 Å². The number of piperidine rings is 1. The summed E-state index contributed by atoms with van der Waals surface area (Å²) in [7, 11) is -3.44. The minimum absolute atomic E-state index is 0.240. The molecule has 0 radical (unpaired) electrons. The molecule has 2 unspecified atom stereocenters. The lowest BCUT2D eigenvalue weighted by Gasteiger charge is -2.35. The first-order valence-corrected chi connectivity index (χ1v) is 9.15.